The number of fused-ring (bicyclic) bond motifs is 3. The van der Waals surface area contributed by atoms with Crippen LogP contribution in [0.2, 0.25) is 0 Å². The van der Waals surface area contributed by atoms with E-state index in [0.29, 0.717) is 0 Å². The van der Waals surface area contributed by atoms with E-state index in [4.69, 9.17) is 0 Å². The number of hydrogen-bond acceptors (Lipinski definition) is 1. The molecule has 0 saturated carbocycles. The Balaban J connectivity index is 0.000000342. The molecule has 86 heavy (non-hydrogen) atoms. The van der Waals surface area contributed by atoms with Crippen molar-refractivity contribution < 1.29 is 4.79 Å². The van der Waals surface area contributed by atoms with Gasteiger partial charge in [0.2, 0.25) is 0 Å². The number of hydrogen-bond donors (Lipinski definition) is 0. The van der Waals surface area contributed by atoms with E-state index in [-0.39, 0.29) is 13.2 Å². The molecule has 0 aliphatic carbocycles. The summed E-state index contributed by atoms with van der Waals surface area (Å²) in [5.74, 6) is 0.0833. The van der Waals surface area contributed by atoms with Crippen molar-refractivity contribution >= 4 is 38.1 Å². The van der Waals surface area contributed by atoms with Gasteiger partial charge in [-0.25, -0.2) is 0 Å². The minimum Gasteiger partial charge on any atom is -0.289 e. The van der Waals surface area contributed by atoms with Crippen molar-refractivity contribution in [2.24, 2.45) is 0 Å². The Hall–Kier alpha value is -8.91. The van der Waals surface area contributed by atoms with Crippen LogP contribution in [0.5, 0.6) is 0 Å². The van der Waals surface area contributed by atoms with Crippen molar-refractivity contribution in [1.29, 1.82) is 0 Å². The molecule has 0 radical (unpaired) electrons. The molecule has 0 atom stereocenters. The summed E-state index contributed by atoms with van der Waals surface area (Å²) in [6.45, 7) is 31.5. The zero-order valence-electron chi connectivity index (χ0n) is 54.0. The van der Waals surface area contributed by atoms with Crippen molar-refractivity contribution in [1.82, 2.24) is 0 Å². The average molecular weight is 1140 g/mol. The van der Waals surface area contributed by atoms with Crippen LogP contribution in [-0.2, 0) is 0 Å². The molecule has 12 aromatic carbocycles. The van der Waals surface area contributed by atoms with E-state index in [1.807, 2.05) is 149 Å². The van der Waals surface area contributed by atoms with Crippen LogP contribution < -0.4 is 0 Å². The number of rotatable bonds is 3. The van der Waals surface area contributed by atoms with E-state index in [9.17, 15) is 4.79 Å². The quantitative estimate of drug-likeness (QED) is 0.127. The highest BCUT2D eigenvalue weighted by Crippen LogP contribution is 2.31. The van der Waals surface area contributed by atoms with Gasteiger partial charge in [0.25, 0.3) is 0 Å². The van der Waals surface area contributed by atoms with Gasteiger partial charge in [-0.3, -0.25) is 4.79 Å². The van der Waals surface area contributed by atoms with E-state index in [1.165, 1.54) is 106 Å². The molecule has 12 rings (SSSR count). The van der Waals surface area contributed by atoms with Gasteiger partial charge in [-0.15, -0.1) is 0 Å². The minimum absolute atomic E-state index is 0. The molecule has 0 N–H and O–H groups in total. The molecule has 446 valence electrons. The van der Waals surface area contributed by atoms with Crippen molar-refractivity contribution in [3.8, 4) is 11.1 Å². The van der Waals surface area contributed by atoms with Gasteiger partial charge in [-0.1, -0.05) is 380 Å². The number of aryl methyl sites for hydroxylation is 9. The third-order valence-corrected chi connectivity index (χ3v) is 13.1. The van der Waals surface area contributed by atoms with Gasteiger partial charge in [0.15, 0.2) is 5.78 Å². The maximum absolute atomic E-state index is 12.1. The van der Waals surface area contributed by atoms with Crippen molar-refractivity contribution in [3.63, 3.8) is 0 Å². The van der Waals surface area contributed by atoms with E-state index in [1.54, 1.807) is 0 Å². The summed E-state index contributed by atoms with van der Waals surface area (Å²) in [7, 11) is 0. The molecule has 0 bridgehead atoms. The predicted molar refractivity (Wildman–Crippen MR) is 386 cm³/mol. The molecule has 0 amide bonds. The number of carbonyl (C=O) groups is 1. The fraction of sp³-hybridized carbons (Fsp3) is 0.212. The molecular formula is C85H100O. The van der Waals surface area contributed by atoms with Crippen LogP contribution in [0.1, 0.15) is 128 Å². The monoisotopic (exact) mass is 1140 g/mol. The van der Waals surface area contributed by atoms with E-state index in [2.05, 4.69) is 240 Å². The number of ketones is 1. The molecule has 0 aromatic heterocycles. The van der Waals surface area contributed by atoms with Gasteiger partial charge >= 0.3 is 0 Å². The first kappa shape index (κ1) is 73.2. The third kappa shape index (κ3) is 26.8. The first-order valence-electron chi connectivity index (χ1n) is 30.4. The lowest BCUT2D eigenvalue weighted by Crippen LogP contribution is -2.00. The highest BCUT2D eigenvalue weighted by atomic mass is 16.1. The van der Waals surface area contributed by atoms with E-state index < -0.39 is 0 Å². The van der Waals surface area contributed by atoms with Gasteiger partial charge in [0.1, 0.15) is 0 Å². The maximum Gasteiger partial charge on any atom is 0.193 e. The lowest BCUT2D eigenvalue weighted by molar-refractivity contribution is 0.103. The van der Waals surface area contributed by atoms with Gasteiger partial charge in [0.05, 0.1) is 0 Å². The van der Waals surface area contributed by atoms with Crippen LogP contribution in [0.4, 0.5) is 0 Å². The van der Waals surface area contributed by atoms with Gasteiger partial charge in [-0.2, -0.15) is 0 Å². The Morgan fingerprint density at radius 2 is 0.477 bits per heavy atom. The standard InChI is InChI=1S/C16H14.C15H14O.C14H14.C11H10.2C7H8.C6H6.2C3H8.C2H6.CH4/c1-11-13-7-3-5-9-15(13)12(2)16-10-6-4-8-14(11)16;1-11-3-7-13(8-4-11)15(16)14-9-5-12(2)6-10-14;1-11-3-7-13(8-4-11)14-9-5-12(2)6-10-14;1-9-5-4-7-10-6-2-3-8-11(9)10;2*1-7-5-3-2-4-6-7;1-2-4-6-5-3-1;2*1-3-2;1-2;/h2*3-10H,1-2H3;3-10H,1-2H3;2-8H,1H3;2*2-6H,1H3;1-6H;2*3H2,1-2H3;1-2H3;1H4. The molecule has 12 aromatic rings. The van der Waals surface area contributed by atoms with Gasteiger partial charge in [0, 0.05) is 11.1 Å². The zero-order valence-corrected chi connectivity index (χ0v) is 54.0. The topological polar surface area (TPSA) is 17.1 Å². The largest absolute Gasteiger partial charge is 0.289 e. The van der Waals surface area contributed by atoms with Crippen LogP contribution in [0.25, 0.3) is 43.4 Å². The van der Waals surface area contributed by atoms with E-state index >= 15 is 0 Å². The van der Waals surface area contributed by atoms with Gasteiger partial charge < -0.3 is 0 Å². The second-order valence-electron chi connectivity index (χ2n) is 20.8. The van der Waals surface area contributed by atoms with Crippen molar-refractivity contribution in [3.05, 3.63) is 346 Å². The molecule has 0 saturated heterocycles. The summed E-state index contributed by atoms with van der Waals surface area (Å²) < 4.78 is 0. The molecule has 0 fully saturated rings. The number of benzene rings is 12. The Bertz CT molecular complexity index is 3370. The van der Waals surface area contributed by atoms with Crippen LogP contribution in [-0.4, -0.2) is 5.78 Å². The molecule has 0 aliphatic heterocycles. The molecule has 1 nitrogen and oxygen atoms in total. The minimum atomic E-state index is 0. The van der Waals surface area contributed by atoms with Crippen LogP contribution >= 0.6 is 0 Å². The molecule has 0 aliphatic rings. The maximum atomic E-state index is 12.1. The summed E-state index contributed by atoms with van der Waals surface area (Å²) >= 11 is 0. The Labute approximate surface area is 521 Å². The van der Waals surface area contributed by atoms with Crippen LogP contribution in [0.15, 0.2) is 285 Å². The lowest BCUT2D eigenvalue weighted by Gasteiger charge is -2.11. The molecule has 0 heterocycles. The summed E-state index contributed by atoms with van der Waals surface area (Å²) in [6.07, 6.45) is 2.50. The summed E-state index contributed by atoms with van der Waals surface area (Å²) in [4.78, 5) is 12.1. The highest BCUT2D eigenvalue weighted by molar-refractivity contribution is 6.09. The van der Waals surface area contributed by atoms with Crippen LogP contribution in [0, 0.1) is 62.3 Å². The average Bonchev–Trinajstić information content (AvgIpc) is 2.17. The van der Waals surface area contributed by atoms with Gasteiger partial charge in [-0.05, 0) is 122 Å². The fourth-order valence-corrected chi connectivity index (χ4v) is 8.47. The predicted octanol–water partition coefficient (Wildman–Crippen LogP) is 25.4. The third-order valence-electron chi connectivity index (χ3n) is 13.1. The second kappa shape index (κ2) is 42.8. The Morgan fingerprint density at radius 1 is 0.256 bits per heavy atom. The summed E-state index contributed by atoms with van der Waals surface area (Å²) in [6, 6.07) is 97.2. The first-order chi connectivity index (χ1) is 41.2. The molecule has 0 unspecified atom stereocenters. The lowest BCUT2D eigenvalue weighted by atomic mass is 9.93. The first-order valence-corrected chi connectivity index (χ1v) is 30.4. The molecular weight excluding hydrogens is 1040 g/mol. The van der Waals surface area contributed by atoms with Crippen LogP contribution in [0.3, 0.4) is 0 Å². The SMILES string of the molecule is C.CC.CCC.CCC.Cc1c2ccccc2c(C)c2ccccc12.Cc1ccc(-c2ccc(C)cc2)cc1.Cc1ccc(C(=O)c2ccc(C)cc2)cc1.Cc1cccc2ccccc12.Cc1ccccc1.Cc1ccccc1.c1ccccc1. The second-order valence-corrected chi connectivity index (χ2v) is 20.8. The summed E-state index contributed by atoms with van der Waals surface area (Å²) in [5, 5.41) is 8.18. The normalized spacial score (nSPS) is 9.38. The zero-order chi connectivity index (χ0) is 62.2. The Morgan fingerprint density at radius 3 is 0.744 bits per heavy atom. The molecule has 1 heteroatoms. The van der Waals surface area contributed by atoms with E-state index in [0.717, 1.165) is 11.1 Å². The summed E-state index contributed by atoms with van der Waals surface area (Å²) in [5.41, 5.74) is 15.8. The van der Waals surface area contributed by atoms with Crippen molar-refractivity contribution in [2.45, 2.75) is 124 Å². The van der Waals surface area contributed by atoms with Crippen molar-refractivity contribution in [2.75, 3.05) is 0 Å². The Kier molecular flexibility index (Phi) is 36.4. The molecule has 0 spiro atoms. The highest BCUT2D eigenvalue weighted by Gasteiger charge is 2.08. The fourth-order valence-electron chi connectivity index (χ4n) is 8.47. The smallest absolute Gasteiger partial charge is 0.193 e. The number of carbonyl (C=O) groups excluding carboxylic acids is 1.